The van der Waals surface area contributed by atoms with Crippen LogP contribution >= 0.6 is 31.9 Å². The van der Waals surface area contributed by atoms with E-state index in [1.54, 1.807) is 0 Å². The van der Waals surface area contributed by atoms with Gasteiger partial charge in [-0.3, -0.25) is 0 Å². The molecule has 0 aromatic rings. The quantitative estimate of drug-likeness (QED) is 0.662. The van der Waals surface area contributed by atoms with Gasteiger partial charge in [0.2, 0.25) is 0 Å². The van der Waals surface area contributed by atoms with Gasteiger partial charge in [-0.15, -0.1) is 0 Å². The average molecular weight is 284 g/mol. The van der Waals surface area contributed by atoms with Gasteiger partial charge in [-0.1, -0.05) is 59.6 Å². The van der Waals surface area contributed by atoms with Crippen molar-refractivity contribution in [1.82, 2.24) is 0 Å². The van der Waals surface area contributed by atoms with Gasteiger partial charge in [0.1, 0.15) is 0 Å². The Kier molecular flexibility index (Phi) is 2.26. The van der Waals surface area contributed by atoms with E-state index in [2.05, 4.69) is 59.6 Å². The van der Waals surface area contributed by atoms with Crippen molar-refractivity contribution in [2.45, 2.75) is 43.8 Å². The topological polar surface area (TPSA) is 0 Å². The Bertz CT molecular complexity index is 150. The standard InChI is InChI=1S/C9H16Br2/c1-5-8(6-2)7(3,4)9(8,10)11/h5-6H2,1-4H3. The van der Waals surface area contributed by atoms with E-state index < -0.39 is 0 Å². The molecular formula is C9H16Br2. The first kappa shape index (κ1) is 10.0. The van der Waals surface area contributed by atoms with E-state index in [4.69, 9.17) is 0 Å². The lowest BCUT2D eigenvalue weighted by atomic mass is 9.91. The van der Waals surface area contributed by atoms with Crippen molar-refractivity contribution in [3.05, 3.63) is 0 Å². The summed E-state index contributed by atoms with van der Waals surface area (Å²) >= 11 is 7.54. The minimum atomic E-state index is 0.184. The second kappa shape index (κ2) is 2.47. The van der Waals surface area contributed by atoms with Crippen LogP contribution in [0.15, 0.2) is 0 Å². The summed E-state index contributed by atoms with van der Waals surface area (Å²) < 4.78 is 0.184. The van der Waals surface area contributed by atoms with Gasteiger partial charge in [-0.25, -0.2) is 0 Å². The Balaban J connectivity index is 2.93. The molecule has 0 atom stereocenters. The Morgan fingerprint density at radius 2 is 1.27 bits per heavy atom. The van der Waals surface area contributed by atoms with Crippen LogP contribution < -0.4 is 0 Å². The van der Waals surface area contributed by atoms with Crippen LogP contribution in [-0.4, -0.2) is 3.23 Å². The summed E-state index contributed by atoms with van der Waals surface area (Å²) in [7, 11) is 0. The first-order valence-electron chi connectivity index (χ1n) is 4.25. The Morgan fingerprint density at radius 1 is 1.00 bits per heavy atom. The summed E-state index contributed by atoms with van der Waals surface area (Å²) in [5.74, 6) is 0. The lowest BCUT2D eigenvalue weighted by Crippen LogP contribution is -2.06. The van der Waals surface area contributed by atoms with Crippen molar-refractivity contribution in [1.29, 1.82) is 0 Å². The third-order valence-corrected chi connectivity index (χ3v) is 7.23. The maximum absolute atomic E-state index is 3.77. The normalized spacial score (nSPS) is 30.0. The largest absolute Gasteiger partial charge is 0.0923 e. The zero-order chi connectivity index (χ0) is 8.91. The molecule has 0 nitrogen and oxygen atoms in total. The van der Waals surface area contributed by atoms with Gasteiger partial charge in [-0.05, 0) is 18.3 Å². The van der Waals surface area contributed by atoms with E-state index in [9.17, 15) is 0 Å². The molecule has 1 fully saturated rings. The number of alkyl halides is 2. The molecule has 0 bridgehead atoms. The van der Waals surface area contributed by atoms with Crippen molar-refractivity contribution in [3.8, 4) is 0 Å². The number of hydrogen-bond donors (Lipinski definition) is 0. The van der Waals surface area contributed by atoms with Gasteiger partial charge in [0.05, 0.1) is 3.23 Å². The average Bonchev–Trinajstić information content (AvgIpc) is 2.22. The molecule has 1 rings (SSSR count). The highest BCUT2D eigenvalue weighted by Crippen LogP contribution is 2.82. The Labute approximate surface area is 86.4 Å². The molecule has 0 amide bonds. The number of halogens is 2. The smallest absolute Gasteiger partial charge is 0.0715 e. The lowest BCUT2D eigenvalue weighted by Gasteiger charge is -2.14. The van der Waals surface area contributed by atoms with Crippen LogP contribution in [0.1, 0.15) is 40.5 Å². The molecular weight excluding hydrogens is 268 g/mol. The van der Waals surface area contributed by atoms with Crippen LogP contribution in [0.4, 0.5) is 0 Å². The van der Waals surface area contributed by atoms with E-state index in [0.29, 0.717) is 10.8 Å². The van der Waals surface area contributed by atoms with E-state index >= 15 is 0 Å². The molecule has 0 N–H and O–H groups in total. The van der Waals surface area contributed by atoms with Crippen LogP contribution in [-0.2, 0) is 0 Å². The van der Waals surface area contributed by atoms with Gasteiger partial charge in [0.15, 0.2) is 0 Å². The molecule has 2 heteroatoms. The van der Waals surface area contributed by atoms with Crippen LogP contribution in [0.3, 0.4) is 0 Å². The fourth-order valence-electron chi connectivity index (χ4n) is 2.51. The summed E-state index contributed by atoms with van der Waals surface area (Å²) in [6.07, 6.45) is 2.49. The monoisotopic (exact) mass is 282 g/mol. The van der Waals surface area contributed by atoms with Crippen LogP contribution in [0.25, 0.3) is 0 Å². The van der Waals surface area contributed by atoms with Crippen LogP contribution in [0, 0.1) is 10.8 Å². The van der Waals surface area contributed by atoms with Gasteiger partial charge in [0, 0.05) is 5.41 Å². The van der Waals surface area contributed by atoms with E-state index in [0.717, 1.165) is 0 Å². The minimum absolute atomic E-state index is 0.184. The van der Waals surface area contributed by atoms with Crippen molar-refractivity contribution in [2.24, 2.45) is 10.8 Å². The van der Waals surface area contributed by atoms with Gasteiger partial charge in [-0.2, -0.15) is 0 Å². The first-order valence-corrected chi connectivity index (χ1v) is 5.84. The maximum Gasteiger partial charge on any atom is 0.0923 e. The maximum atomic E-state index is 3.77. The summed E-state index contributed by atoms with van der Waals surface area (Å²) in [4.78, 5) is 0. The summed E-state index contributed by atoms with van der Waals surface area (Å²) in [6.45, 7) is 9.19. The fourth-order valence-corrected chi connectivity index (χ4v) is 5.19. The van der Waals surface area contributed by atoms with Crippen LogP contribution in [0.5, 0.6) is 0 Å². The molecule has 1 aliphatic rings. The summed E-state index contributed by atoms with van der Waals surface area (Å²) in [6, 6.07) is 0. The number of rotatable bonds is 2. The van der Waals surface area contributed by atoms with E-state index in [1.807, 2.05) is 0 Å². The molecule has 1 saturated carbocycles. The SMILES string of the molecule is CCC1(CC)C(C)(C)C1(Br)Br. The zero-order valence-corrected chi connectivity index (χ0v) is 10.8. The molecule has 11 heavy (non-hydrogen) atoms. The van der Waals surface area contributed by atoms with Crippen molar-refractivity contribution in [3.63, 3.8) is 0 Å². The molecule has 66 valence electrons. The molecule has 0 aliphatic heterocycles. The molecule has 0 radical (unpaired) electrons. The summed E-state index contributed by atoms with van der Waals surface area (Å²) in [5.41, 5.74) is 0.851. The fraction of sp³-hybridized carbons (Fsp3) is 1.00. The third kappa shape index (κ3) is 0.861. The molecule has 0 heterocycles. The molecule has 0 aromatic carbocycles. The summed E-state index contributed by atoms with van der Waals surface area (Å²) in [5, 5.41) is 0. The first-order chi connectivity index (χ1) is 4.87. The third-order valence-electron chi connectivity index (χ3n) is 3.73. The van der Waals surface area contributed by atoms with Gasteiger partial charge >= 0.3 is 0 Å². The number of hydrogen-bond acceptors (Lipinski definition) is 0. The molecule has 0 aromatic heterocycles. The van der Waals surface area contributed by atoms with Crippen molar-refractivity contribution in [2.75, 3.05) is 0 Å². The van der Waals surface area contributed by atoms with Crippen molar-refractivity contribution < 1.29 is 0 Å². The van der Waals surface area contributed by atoms with Gasteiger partial charge in [0.25, 0.3) is 0 Å². The van der Waals surface area contributed by atoms with Gasteiger partial charge < -0.3 is 0 Å². The van der Waals surface area contributed by atoms with E-state index in [1.165, 1.54) is 12.8 Å². The van der Waals surface area contributed by atoms with E-state index in [-0.39, 0.29) is 3.23 Å². The molecule has 0 unspecified atom stereocenters. The predicted molar refractivity (Wildman–Crippen MR) is 57.4 cm³/mol. The predicted octanol–water partition coefficient (Wildman–Crippen LogP) is 4.32. The molecule has 1 aliphatic carbocycles. The lowest BCUT2D eigenvalue weighted by molar-refractivity contribution is 0.358. The minimum Gasteiger partial charge on any atom is -0.0715 e. The highest BCUT2D eigenvalue weighted by molar-refractivity contribution is 9.25. The zero-order valence-electron chi connectivity index (χ0n) is 7.67. The Morgan fingerprint density at radius 3 is 1.27 bits per heavy atom. The van der Waals surface area contributed by atoms with Crippen LogP contribution in [0.2, 0.25) is 0 Å². The molecule has 0 spiro atoms. The van der Waals surface area contributed by atoms with Crippen molar-refractivity contribution >= 4 is 31.9 Å². The highest BCUT2D eigenvalue weighted by Gasteiger charge is 2.78. The second-order valence-corrected chi connectivity index (χ2v) is 7.43. The molecule has 0 saturated heterocycles. The second-order valence-electron chi connectivity index (χ2n) is 3.99. The highest BCUT2D eigenvalue weighted by atomic mass is 79.9. The Hall–Kier alpha value is 0.960.